The van der Waals surface area contributed by atoms with Crippen molar-refractivity contribution in [2.24, 2.45) is 11.7 Å². The summed E-state index contributed by atoms with van der Waals surface area (Å²) in [4.78, 5) is 0. The van der Waals surface area contributed by atoms with Gasteiger partial charge in [0.1, 0.15) is 5.82 Å². The molecule has 1 rings (SSSR count). The zero-order valence-electron chi connectivity index (χ0n) is 10.5. The molecule has 0 amide bonds. The van der Waals surface area contributed by atoms with Crippen molar-refractivity contribution in [2.45, 2.75) is 46.1 Å². The van der Waals surface area contributed by atoms with E-state index in [1.165, 1.54) is 6.07 Å². The summed E-state index contributed by atoms with van der Waals surface area (Å²) in [6.45, 7) is 6.26. The van der Waals surface area contributed by atoms with Crippen LogP contribution in [0.2, 0.25) is 0 Å². The first-order chi connectivity index (χ1) is 7.56. The molecule has 0 radical (unpaired) electrons. The third-order valence-corrected chi connectivity index (χ3v) is 3.23. The van der Waals surface area contributed by atoms with E-state index in [1.54, 1.807) is 6.07 Å². The lowest BCUT2D eigenvalue weighted by atomic mass is 9.91. The third kappa shape index (κ3) is 3.60. The van der Waals surface area contributed by atoms with E-state index < -0.39 is 0 Å². The molecule has 1 aromatic carbocycles. The summed E-state index contributed by atoms with van der Waals surface area (Å²) >= 11 is 0. The molecule has 0 bridgehead atoms. The topological polar surface area (TPSA) is 26.0 Å². The maximum Gasteiger partial charge on any atom is 0.123 e. The van der Waals surface area contributed by atoms with Gasteiger partial charge >= 0.3 is 0 Å². The van der Waals surface area contributed by atoms with Gasteiger partial charge in [-0.3, -0.25) is 0 Å². The van der Waals surface area contributed by atoms with Gasteiger partial charge in [-0.15, -0.1) is 0 Å². The Balaban J connectivity index is 2.75. The third-order valence-electron chi connectivity index (χ3n) is 3.23. The second-order valence-electron chi connectivity index (χ2n) is 4.59. The molecule has 1 atom stereocenters. The van der Waals surface area contributed by atoms with Crippen molar-refractivity contribution in [3.05, 3.63) is 35.1 Å². The first kappa shape index (κ1) is 13.2. The number of rotatable bonds is 5. The van der Waals surface area contributed by atoms with Gasteiger partial charge in [-0.2, -0.15) is 0 Å². The Bertz CT molecular complexity index is 311. The lowest BCUT2D eigenvalue weighted by molar-refractivity contribution is 0.414. The average molecular weight is 223 g/mol. The van der Waals surface area contributed by atoms with Crippen molar-refractivity contribution in [3.63, 3.8) is 0 Å². The Hall–Kier alpha value is -0.890. The molecule has 0 aliphatic heterocycles. The van der Waals surface area contributed by atoms with Crippen molar-refractivity contribution in [2.75, 3.05) is 0 Å². The zero-order chi connectivity index (χ0) is 12.1. The minimum Gasteiger partial charge on any atom is -0.324 e. The molecule has 1 nitrogen and oxygen atoms in total. The van der Waals surface area contributed by atoms with E-state index in [0.717, 1.165) is 30.4 Å². The molecule has 0 fully saturated rings. The van der Waals surface area contributed by atoms with Gasteiger partial charge in [0.05, 0.1) is 0 Å². The first-order valence-corrected chi connectivity index (χ1v) is 6.09. The lowest BCUT2D eigenvalue weighted by Gasteiger charge is -2.19. The minimum atomic E-state index is -0.185. The molecule has 90 valence electrons. The van der Waals surface area contributed by atoms with Crippen LogP contribution in [0.5, 0.6) is 0 Å². The summed E-state index contributed by atoms with van der Waals surface area (Å²) < 4.78 is 13.2. The van der Waals surface area contributed by atoms with Crippen LogP contribution in [-0.2, 0) is 0 Å². The molecule has 1 aromatic rings. The van der Waals surface area contributed by atoms with E-state index in [0.29, 0.717) is 5.92 Å². The molecule has 0 aliphatic rings. The quantitative estimate of drug-likeness (QED) is 0.803. The number of aryl methyl sites for hydroxylation is 1. The Morgan fingerprint density at radius 2 is 1.81 bits per heavy atom. The normalized spacial score (nSPS) is 13.1. The lowest BCUT2D eigenvalue weighted by Crippen LogP contribution is -2.15. The van der Waals surface area contributed by atoms with Crippen molar-refractivity contribution in [1.29, 1.82) is 0 Å². The second kappa shape index (κ2) is 6.00. The van der Waals surface area contributed by atoms with Gasteiger partial charge in [-0.25, -0.2) is 4.39 Å². The van der Waals surface area contributed by atoms with Crippen LogP contribution in [0.25, 0.3) is 0 Å². The average Bonchev–Trinajstić information content (AvgIpc) is 2.24. The van der Waals surface area contributed by atoms with E-state index in [9.17, 15) is 4.39 Å². The standard InChI is InChI=1S/C14H22FN/c1-4-11(5-2)8-14(16)12-6-10(3)7-13(15)9-12/h6-7,9,11,14H,4-5,8,16H2,1-3H3. The van der Waals surface area contributed by atoms with Crippen molar-refractivity contribution >= 4 is 0 Å². The highest BCUT2D eigenvalue weighted by atomic mass is 19.1. The molecule has 0 spiro atoms. The van der Waals surface area contributed by atoms with Crippen LogP contribution in [0.1, 0.15) is 50.3 Å². The molecule has 2 N–H and O–H groups in total. The van der Waals surface area contributed by atoms with Crippen LogP contribution >= 0.6 is 0 Å². The van der Waals surface area contributed by atoms with E-state index >= 15 is 0 Å². The summed E-state index contributed by atoms with van der Waals surface area (Å²) in [7, 11) is 0. The molecule has 0 heterocycles. The van der Waals surface area contributed by atoms with Gasteiger partial charge in [0.25, 0.3) is 0 Å². The number of hydrogen-bond acceptors (Lipinski definition) is 1. The summed E-state index contributed by atoms with van der Waals surface area (Å²) in [5, 5.41) is 0. The van der Waals surface area contributed by atoms with E-state index in [1.807, 2.05) is 13.0 Å². The minimum absolute atomic E-state index is 0.0423. The molecule has 2 heteroatoms. The van der Waals surface area contributed by atoms with Gasteiger partial charge in [-0.05, 0) is 42.5 Å². The monoisotopic (exact) mass is 223 g/mol. The largest absolute Gasteiger partial charge is 0.324 e. The zero-order valence-corrected chi connectivity index (χ0v) is 10.5. The van der Waals surface area contributed by atoms with E-state index in [-0.39, 0.29) is 11.9 Å². The van der Waals surface area contributed by atoms with Gasteiger partial charge in [0.2, 0.25) is 0 Å². The fourth-order valence-electron chi connectivity index (χ4n) is 2.10. The van der Waals surface area contributed by atoms with E-state index in [2.05, 4.69) is 13.8 Å². The molecular weight excluding hydrogens is 201 g/mol. The SMILES string of the molecule is CCC(CC)CC(N)c1cc(C)cc(F)c1. The van der Waals surface area contributed by atoms with Gasteiger partial charge in [0, 0.05) is 6.04 Å². The van der Waals surface area contributed by atoms with Crippen molar-refractivity contribution in [1.82, 2.24) is 0 Å². The maximum absolute atomic E-state index is 13.2. The number of hydrogen-bond donors (Lipinski definition) is 1. The predicted octanol–water partition coefficient (Wildman–Crippen LogP) is 3.96. The van der Waals surface area contributed by atoms with Crippen molar-refractivity contribution in [3.8, 4) is 0 Å². The smallest absolute Gasteiger partial charge is 0.123 e. The highest BCUT2D eigenvalue weighted by Gasteiger charge is 2.13. The van der Waals surface area contributed by atoms with Crippen LogP contribution in [0.3, 0.4) is 0 Å². The van der Waals surface area contributed by atoms with Gasteiger partial charge < -0.3 is 5.73 Å². The summed E-state index contributed by atoms with van der Waals surface area (Å²) in [6.07, 6.45) is 3.22. The Morgan fingerprint density at radius 3 is 2.31 bits per heavy atom. The number of benzene rings is 1. The Kier molecular flexibility index (Phi) is 4.94. The van der Waals surface area contributed by atoms with Gasteiger partial charge in [0.15, 0.2) is 0 Å². The van der Waals surface area contributed by atoms with Gasteiger partial charge in [-0.1, -0.05) is 32.8 Å². The van der Waals surface area contributed by atoms with Crippen LogP contribution < -0.4 is 5.73 Å². The number of nitrogens with two attached hydrogens (primary N) is 1. The molecule has 0 aliphatic carbocycles. The Morgan fingerprint density at radius 1 is 1.19 bits per heavy atom. The predicted molar refractivity (Wildman–Crippen MR) is 66.8 cm³/mol. The van der Waals surface area contributed by atoms with E-state index in [4.69, 9.17) is 5.73 Å². The molecule has 0 saturated heterocycles. The Labute approximate surface area is 97.9 Å². The number of halogens is 1. The van der Waals surface area contributed by atoms with Crippen LogP contribution in [-0.4, -0.2) is 0 Å². The van der Waals surface area contributed by atoms with Crippen LogP contribution in [0, 0.1) is 18.7 Å². The molecule has 16 heavy (non-hydrogen) atoms. The summed E-state index contributed by atoms with van der Waals surface area (Å²) in [6, 6.07) is 5.03. The fourth-order valence-corrected chi connectivity index (χ4v) is 2.10. The fraction of sp³-hybridized carbons (Fsp3) is 0.571. The summed E-state index contributed by atoms with van der Waals surface area (Å²) in [5.74, 6) is 0.452. The first-order valence-electron chi connectivity index (χ1n) is 6.09. The van der Waals surface area contributed by atoms with Crippen LogP contribution in [0.15, 0.2) is 18.2 Å². The molecule has 0 aromatic heterocycles. The highest BCUT2D eigenvalue weighted by molar-refractivity contribution is 5.26. The highest BCUT2D eigenvalue weighted by Crippen LogP contribution is 2.24. The van der Waals surface area contributed by atoms with Crippen LogP contribution in [0.4, 0.5) is 4.39 Å². The van der Waals surface area contributed by atoms with Crippen molar-refractivity contribution < 1.29 is 4.39 Å². The summed E-state index contributed by atoms with van der Waals surface area (Å²) in [5.41, 5.74) is 7.98. The second-order valence-corrected chi connectivity index (χ2v) is 4.59. The molecular formula is C14H22FN. The molecule has 0 saturated carbocycles. The maximum atomic E-state index is 13.2. The molecule has 1 unspecified atom stereocenters.